The molecule has 0 saturated heterocycles. The highest BCUT2D eigenvalue weighted by molar-refractivity contribution is 5.78. The fraction of sp³-hybridized carbons (Fsp3) is 0.400. The first-order chi connectivity index (χ1) is 9.30. The van der Waals surface area contributed by atoms with Crippen molar-refractivity contribution in [2.24, 2.45) is 5.84 Å². The van der Waals surface area contributed by atoms with Crippen molar-refractivity contribution in [2.45, 2.75) is 31.9 Å². The topological polar surface area (TPSA) is 60.2 Å². The number of nitrogens with two attached hydrogens (primary N) is 1. The number of hydrazine groups is 1. The molecule has 2 aromatic rings. The van der Waals surface area contributed by atoms with Gasteiger partial charge < -0.3 is 4.74 Å². The molecular formula is C15H21N3O. The molecule has 1 heterocycles. The summed E-state index contributed by atoms with van der Waals surface area (Å²) >= 11 is 0. The van der Waals surface area contributed by atoms with E-state index < -0.39 is 0 Å². The van der Waals surface area contributed by atoms with Gasteiger partial charge in [-0.3, -0.25) is 16.3 Å². The van der Waals surface area contributed by atoms with E-state index in [1.165, 1.54) is 0 Å². The van der Waals surface area contributed by atoms with E-state index >= 15 is 0 Å². The normalized spacial score (nSPS) is 14.5. The Morgan fingerprint density at radius 1 is 1.37 bits per heavy atom. The maximum Gasteiger partial charge on any atom is 0.0779 e. The van der Waals surface area contributed by atoms with Gasteiger partial charge in [-0.2, -0.15) is 0 Å². The average Bonchev–Trinajstić information content (AvgIpc) is 2.47. The van der Waals surface area contributed by atoms with Crippen LogP contribution in [0.2, 0.25) is 0 Å². The van der Waals surface area contributed by atoms with Crippen LogP contribution in [0.3, 0.4) is 0 Å². The first-order valence-electron chi connectivity index (χ1n) is 6.63. The predicted molar refractivity (Wildman–Crippen MR) is 77.5 cm³/mol. The third-order valence-corrected chi connectivity index (χ3v) is 3.40. The second kappa shape index (κ2) is 6.61. The standard InChI is InChI=1S/C15H21N3O/c1-3-6-14(19-2)15(18-16)12-9-11-7-4-5-8-13(11)17-10-12/h4-5,7-10,14-15,18H,3,6,16H2,1-2H3. The second-order valence-corrected chi connectivity index (χ2v) is 4.67. The highest BCUT2D eigenvalue weighted by atomic mass is 16.5. The van der Waals surface area contributed by atoms with Crippen LogP contribution in [0.15, 0.2) is 36.5 Å². The molecule has 4 nitrogen and oxygen atoms in total. The van der Waals surface area contributed by atoms with Gasteiger partial charge in [0, 0.05) is 18.7 Å². The lowest BCUT2D eigenvalue weighted by atomic mass is 9.99. The molecule has 102 valence electrons. The van der Waals surface area contributed by atoms with Crippen molar-refractivity contribution in [3.63, 3.8) is 0 Å². The van der Waals surface area contributed by atoms with Crippen LogP contribution in [0.25, 0.3) is 10.9 Å². The Hall–Kier alpha value is -1.49. The van der Waals surface area contributed by atoms with Gasteiger partial charge in [0.05, 0.1) is 17.7 Å². The van der Waals surface area contributed by atoms with Gasteiger partial charge in [0.25, 0.3) is 0 Å². The van der Waals surface area contributed by atoms with Gasteiger partial charge in [-0.15, -0.1) is 0 Å². The molecule has 1 aromatic heterocycles. The van der Waals surface area contributed by atoms with E-state index in [4.69, 9.17) is 10.6 Å². The summed E-state index contributed by atoms with van der Waals surface area (Å²) < 4.78 is 5.54. The van der Waals surface area contributed by atoms with Crippen LogP contribution < -0.4 is 11.3 Å². The number of aromatic nitrogens is 1. The van der Waals surface area contributed by atoms with E-state index in [-0.39, 0.29) is 12.1 Å². The minimum Gasteiger partial charge on any atom is -0.379 e. The lowest BCUT2D eigenvalue weighted by molar-refractivity contribution is 0.0605. The summed E-state index contributed by atoms with van der Waals surface area (Å²) in [6.07, 6.45) is 3.93. The molecule has 0 bridgehead atoms. The summed E-state index contributed by atoms with van der Waals surface area (Å²) in [5.74, 6) is 5.70. The summed E-state index contributed by atoms with van der Waals surface area (Å²) in [5.41, 5.74) is 4.90. The first kappa shape index (κ1) is 13.9. The number of methoxy groups -OCH3 is 1. The molecule has 2 rings (SSSR count). The average molecular weight is 259 g/mol. The van der Waals surface area contributed by atoms with Crippen molar-refractivity contribution in [3.05, 3.63) is 42.1 Å². The first-order valence-corrected chi connectivity index (χ1v) is 6.63. The molecule has 2 unspecified atom stereocenters. The van der Waals surface area contributed by atoms with Crippen molar-refractivity contribution >= 4 is 10.9 Å². The van der Waals surface area contributed by atoms with Gasteiger partial charge in [-0.1, -0.05) is 31.5 Å². The molecule has 0 amide bonds. The third-order valence-electron chi connectivity index (χ3n) is 3.40. The fourth-order valence-corrected chi connectivity index (χ4v) is 2.38. The van der Waals surface area contributed by atoms with Gasteiger partial charge in [-0.05, 0) is 24.1 Å². The molecule has 0 saturated carbocycles. The zero-order valence-corrected chi connectivity index (χ0v) is 11.5. The Morgan fingerprint density at radius 2 is 2.16 bits per heavy atom. The Labute approximate surface area is 113 Å². The number of hydrogen-bond acceptors (Lipinski definition) is 4. The maximum absolute atomic E-state index is 5.70. The summed E-state index contributed by atoms with van der Waals surface area (Å²) in [6.45, 7) is 2.14. The Bertz CT molecular complexity index is 530. The molecule has 4 heteroatoms. The van der Waals surface area contributed by atoms with Crippen molar-refractivity contribution < 1.29 is 4.74 Å². The molecule has 19 heavy (non-hydrogen) atoms. The number of para-hydroxylation sites is 1. The Kier molecular flexibility index (Phi) is 4.85. The van der Waals surface area contributed by atoms with E-state index in [0.29, 0.717) is 0 Å². The van der Waals surface area contributed by atoms with Gasteiger partial charge in [0.2, 0.25) is 0 Å². The summed E-state index contributed by atoms with van der Waals surface area (Å²) in [5, 5.41) is 1.12. The van der Waals surface area contributed by atoms with Crippen LogP contribution in [0, 0.1) is 0 Å². The Balaban J connectivity index is 2.34. The number of pyridine rings is 1. The summed E-state index contributed by atoms with van der Waals surface area (Å²) in [7, 11) is 1.72. The summed E-state index contributed by atoms with van der Waals surface area (Å²) in [6, 6.07) is 10.1. The lowest BCUT2D eigenvalue weighted by Crippen LogP contribution is -2.37. The largest absolute Gasteiger partial charge is 0.379 e. The molecule has 0 spiro atoms. The van der Waals surface area contributed by atoms with Crippen LogP contribution in [0.5, 0.6) is 0 Å². The zero-order valence-electron chi connectivity index (χ0n) is 11.5. The molecule has 3 N–H and O–H groups in total. The highest BCUT2D eigenvalue weighted by Gasteiger charge is 2.21. The lowest BCUT2D eigenvalue weighted by Gasteiger charge is -2.25. The molecule has 1 aromatic carbocycles. The fourth-order valence-electron chi connectivity index (χ4n) is 2.38. The van der Waals surface area contributed by atoms with Crippen LogP contribution in [-0.2, 0) is 4.74 Å². The van der Waals surface area contributed by atoms with Gasteiger partial charge in [0.1, 0.15) is 0 Å². The van der Waals surface area contributed by atoms with Crippen molar-refractivity contribution in [2.75, 3.05) is 7.11 Å². The highest BCUT2D eigenvalue weighted by Crippen LogP contribution is 2.23. The number of ether oxygens (including phenoxy) is 1. The van der Waals surface area contributed by atoms with E-state index in [1.54, 1.807) is 7.11 Å². The molecule has 0 aliphatic rings. The molecule has 2 atom stereocenters. The van der Waals surface area contributed by atoms with E-state index in [2.05, 4.69) is 29.5 Å². The smallest absolute Gasteiger partial charge is 0.0779 e. The van der Waals surface area contributed by atoms with E-state index in [1.807, 2.05) is 24.4 Å². The van der Waals surface area contributed by atoms with Crippen molar-refractivity contribution in [1.82, 2.24) is 10.4 Å². The van der Waals surface area contributed by atoms with Gasteiger partial charge in [0.15, 0.2) is 0 Å². The minimum atomic E-state index is -0.0398. The molecule has 0 aliphatic heterocycles. The molecule has 0 radical (unpaired) electrons. The van der Waals surface area contributed by atoms with Crippen molar-refractivity contribution in [1.29, 1.82) is 0 Å². The van der Waals surface area contributed by atoms with Crippen LogP contribution in [0.1, 0.15) is 31.4 Å². The number of hydrogen-bond donors (Lipinski definition) is 2. The predicted octanol–water partition coefficient (Wildman–Crippen LogP) is 2.55. The molecule has 0 fully saturated rings. The number of fused-ring (bicyclic) bond motifs is 1. The second-order valence-electron chi connectivity index (χ2n) is 4.67. The minimum absolute atomic E-state index is 0.0398. The summed E-state index contributed by atoms with van der Waals surface area (Å²) in [4.78, 5) is 4.48. The Morgan fingerprint density at radius 3 is 2.84 bits per heavy atom. The van der Waals surface area contributed by atoms with E-state index in [9.17, 15) is 0 Å². The van der Waals surface area contributed by atoms with Gasteiger partial charge in [-0.25, -0.2) is 0 Å². The number of nitrogens with one attached hydrogen (secondary N) is 1. The third kappa shape index (κ3) is 3.10. The zero-order chi connectivity index (χ0) is 13.7. The number of benzene rings is 1. The molecule has 0 aliphatic carbocycles. The van der Waals surface area contributed by atoms with E-state index in [0.717, 1.165) is 29.3 Å². The van der Waals surface area contributed by atoms with Gasteiger partial charge >= 0.3 is 0 Å². The maximum atomic E-state index is 5.70. The van der Waals surface area contributed by atoms with Crippen LogP contribution in [-0.4, -0.2) is 18.2 Å². The van der Waals surface area contributed by atoms with Crippen LogP contribution in [0.4, 0.5) is 0 Å². The number of rotatable bonds is 6. The quantitative estimate of drug-likeness (QED) is 0.618. The SMILES string of the molecule is CCCC(OC)C(NN)c1cnc2ccccc2c1. The monoisotopic (exact) mass is 259 g/mol. The van der Waals surface area contributed by atoms with Crippen molar-refractivity contribution in [3.8, 4) is 0 Å². The number of nitrogens with zero attached hydrogens (tertiary/aromatic N) is 1. The van der Waals surface area contributed by atoms with Crippen LogP contribution >= 0.6 is 0 Å². The molecular weight excluding hydrogens is 238 g/mol.